The molecule has 1 aliphatic rings. The Bertz CT molecular complexity index is 1610. The van der Waals surface area contributed by atoms with Gasteiger partial charge >= 0.3 is 0 Å². The number of nitrogens with one attached hydrogen (secondary N) is 1. The van der Waals surface area contributed by atoms with Crippen molar-refractivity contribution in [2.75, 3.05) is 30.4 Å². The molecule has 1 N–H and O–H groups in total. The molecule has 3 aromatic heterocycles. The first kappa shape index (κ1) is 26.4. The Kier molecular flexibility index (Phi) is 7.09. The normalized spacial score (nSPS) is 18.2. The molecule has 2 atom stereocenters. The lowest BCUT2D eigenvalue weighted by Gasteiger charge is -2.43. The number of piperazine rings is 1. The molecule has 1 aromatic carbocycles. The first-order chi connectivity index (χ1) is 18.7. The Balaban J connectivity index is 1.49. The average Bonchev–Trinajstić information content (AvgIpc) is 3.18. The molecule has 11 nitrogen and oxygen atoms in total. The number of aromatic nitrogens is 6. The second-order valence-corrected chi connectivity index (χ2v) is 10.4. The van der Waals surface area contributed by atoms with Crippen molar-refractivity contribution >= 4 is 28.4 Å². The predicted octanol–water partition coefficient (Wildman–Crippen LogP) is 3.18. The van der Waals surface area contributed by atoms with Crippen molar-refractivity contribution in [3.63, 3.8) is 0 Å². The van der Waals surface area contributed by atoms with Crippen LogP contribution in [0.4, 0.5) is 17.3 Å². The van der Waals surface area contributed by atoms with Crippen LogP contribution in [0.15, 0.2) is 64.8 Å². The molecule has 0 radical (unpaired) electrons. The van der Waals surface area contributed by atoms with Crippen LogP contribution < -0.4 is 21.3 Å². The Morgan fingerprint density at radius 3 is 2.41 bits per heavy atom. The minimum absolute atomic E-state index is 0.147. The second kappa shape index (κ2) is 10.5. The fourth-order valence-electron chi connectivity index (χ4n) is 5.01. The zero-order chi connectivity index (χ0) is 27.8. The third kappa shape index (κ3) is 4.97. The van der Waals surface area contributed by atoms with E-state index in [1.807, 2.05) is 26.0 Å². The van der Waals surface area contributed by atoms with Crippen LogP contribution in [0, 0.1) is 0 Å². The summed E-state index contributed by atoms with van der Waals surface area (Å²) in [5, 5.41) is 8.12. The summed E-state index contributed by atoms with van der Waals surface area (Å²) in [5.74, 6) is 0.751. The molecule has 0 saturated carbocycles. The lowest BCUT2D eigenvalue weighted by molar-refractivity contribution is 0.170. The largest absolute Gasteiger partial charge is 0.368 e. The van der Waals surface area contributed by atoms with Crippen LogP contribution >= 0.6 is 0 Å². The van der Waals surface area contributed by atoms with Crippen molar-refractivity contribution in [2.24, 2.45) is 0 Å². The molecule has 5 rings (SSSR count). The predicted molar refractivity (Wildman–Crippen MR) is 154 cm³/mol. The van der Waals surface area contributed by atoms with Gasteiger partial charge in [0.1, 0.15) is 5.39 Å². The monoisotopic (exact) mass is 529 g/mol. The lowest BCUT2D eigenvalue weighted by Crippen LogP contribution is -2.55. The van der Waals surface area contributed by atoms with Gasteiger partial charge in [-0.1, -0.05) is 6.08 Å². The lowest BCUT2D eigenvalue weighted by atomic mass is 10.1. The fraction of sp³-hybridized carbons (Fsp3) is 0.393. The van der Waals surface area contributed by atoms with E-state index in [0.29, 0.717) is 34.9 Å². The molecule has 39 heavy (non-hydrogen) atoms. The number of fused-ring (bicyclic) bond motifs is 1. The molecular weight excluding hydrogens is 494 g/mol. The van der Waals surface area contributed by atoms with E-state index >= 15 is 0 Å². The number of rotatable bonds is 7. The molecule has 4 aromatic rings. The van der Waals surface area contributed by atoms with Crippen LogP contribution in [0.25, 0.3) is 16.9 Å². The Morgan fingerprint density at radius 1 is 1.08 bits per heavy atom. The van der Waals surface area contributed by atoms with Gasteiger partial charge in [0.2, 0.25) is 5.95 Å². The van der Waals surface area contributed by atoms with Crippen LogP contribution in [-0.2, 0) is 6.54 Å². The topological polar surface area (TPSA) is 106 Å². The highest BCUT2D eigenvalue weighted by Gasteiger charge is 2.26. The number of benzene rings is 1. The van der Waals surface area contributed by atoms with Gasteiger partial charge in [0.05, 0.1) is 12.6 Å². The zero-order valence-corrected chi connectivity index (χ0v) is 23.1. The summed E-state index contributed by atoms with van der Waals surface area (Å²) in [4.78, 5) is 39.4. The first-order valence-electron chi connectivity index (χ1n) is 13.2. The summed E-state index contributed by atoms with van der Waals surface area (Å²) >= 11 is 0. The van der Waals surface area contributed by atoms with E-state index in [-0.39, 0.29) is 23.7 Å². The van der Waals surface area contributed by atoms with Crippen molar-refractivity contribution in [1.29, 1.82) is 0 Å². The van der Waals surface area contributed by atoms with Gasteiger partial charge in [-0.15, -0.1) is 11.7 Å². The fourth-order valence-corrected chi connectivity index (χ4v) is 5.01. The van der Waals surface area contributed by atoms with Crippen LogP contribution in [-0.4, -0.2) is 66.2 Å². The van der Waals surface area contributed by atoms with Gasteiger partial charge in [-0.25, -0.2) is 19.0 Å². The van der Waals surface area contributed by atoms with Crippen molar-refractivity contribution < 1.29 is 0 Å². The highest BCUT2D eigenvalue weighted by Crippen LogP contribution is 2.24. The quantitative estimate of drug-likeness (QED) is 0.364. The molecule has 0 bridgehead atoms. The summed E-state index contributed by atoms with van der Waals surface area (Å²) in [6, 6.07) is 12.1. The molecule has 0 unspecified atom stereocenters. The molecule has 4 heterocycles. The maximum atomic E-state index is 13.2. The highest BCUT2D eigenvalue weighted by molar-refractivity contribution is 5.77. The zero-order valence-electron chi connectivity index (χ0n) is 23.1. The van der Waals surface area contributed by atoms with Gasteiger partial charge in [0.15, 0.2) is 11.5 Å². The second-order valence-electron chi connectivity index (χ2n) is 10.4. The summed E-state index contributed by atoms with van der Waals surface area (Å²) in [7, 11) is 2.18. The Labute approximate surface area is 227 Å². The first-order valence-corrected chi connectivity index (χ1v) is 13.2. The van der Waals surface area contributed by atoms with Gasteiger partial charge in [-0.05, 0) is 65.1 Å². The maximum Gasteiger partial charge on any atom is 0.278 e. The van der Waals surface area contributed by atoms with E-state index in [4.69, 9.17) is 4.98 Å². The number of allylic oxidation sites excluding steroid dienone is 1. The van der Waals surface area contributed by atoms with Crippen LogP contribution in [0.2, 0.25) is 0 Å². The van der Waals surface area contributed by atoms with E-state index in [9.17, 15) is 9.59 Å². The minimum Gasteiger partial charge on any atom is -0.368 e. The number of hydrogen-bond donors (Lipinski definition) is 1. The molecule has 1 aliphatic heterocycles. The van der Waals surface area contributed by atoms with E-state index in [1.54, 1.807) is 16.8 Å². The standard InChI is InChI=1S/C28H35N9O2/c1-7-14-35-27(39)23-15-29-28(31-26(23)37(35)24-12-13-25(38)36(32-24)18(2)3)30-21-8-10-22(11-9-21)34-16-19(4)33(6)20(5)17-34/h7-13,15,18-20H,1,14,16-17H2,2-6H3,(H,29,30,31)/t19-,20+. The van der Waals surface area contributed by atoms with E-state index in [1.165, 1.54) is 27.3 Å². The molecule has 1 saturated heterocycles. The van der Waals surface area contributed by atoms with Crippen LogP contribution in [0.5, 0.6) is 0 Å². The van der Waals surface area contributed by atoms with Crippen molar-refractivity contribution in [3.8, 4) is 5.82 Å². The van der Waals surface area contributed by atoms with Gasteiger partial charge in [-0.3, -0.25) is 14.5 Å². The van der Waals surface area contributed by atoms with Gasteiger partial charge in [-0.2, -0.15) is 4.98 Å². The SMILES string of the molecule is C=CCn1c(=O)c2cnc(Nc3ccc(N4C[C@@H](C)N(C)[C@@H](C)C4)cc3)nc2n1-c1ccc(=O)n(C(C)C)n1. The van der Waals surface area contributed by atoms with E-state index in [0.717, 1.165) is 18.8 Å². The molecule has 0 spiro atoms. The van der Waals surface area contributed by atoms with Crippen LogP contribution in [0.3, 0.4) is 0 Å². The third-order valence-corrected chi connectivity index (χ3v) is 7.34. The summed E-state index contributed by atoms with van der Waals surface area (Å²) < 4.78 is 4.48. The molecule has 1 fully saturated rings. The van der Waals surface area contributed by atoms with Crippen molar-refractivity contribution in [3.05, 3.63) is 76.0 Å². The minimum atomic E-state index is -0.263. The van der Waals surface area contributed by atoms with Gasteiger partial charge in [0, 0.05) is 48.8 Å². The van der Waals surface area contributed by atoms with Crippen LogP contribution in [0.1, 0.15) is 33.7 Å². The molecule has 11 heteroatoms. The number of hydrogen-bond acceptors (Lipinski definition) is 8. The Morgan fingerprint density at radius 2 is 1.77 bits per heavy atom. The van der Waals surface area contributed by atoms with Crippen molar-refractivity contribution in [2.45, 2.75) is 52.4 Å². The molecule has 0 aliphatic carbocycles. The van der Waals surface area contributed by atoms with E-state index in [2.05, 4.69) is 64.8 Å². The van der Waals surface area contributed by atoms with Crippen molar-refractivity contribution in [1.82, 2.24) is 34.0 Å². The summed E-state index contributed by atoms with van der Waals surface area (Å²) in [5.41, 5.74) is 1.91. The van der Waals surface area contributed by atoms with Gasteiger partial charge in [0.25, 0.3) is 11.1 Å². The summed E-state index contributed by atoms with van der Waals surface area (Å²) in [6.07, 6.45) is 3.15. The third-order valence-electron chi connectivity index (χ3n) is 7.34. The molecular formula is C28H35N9O2. The highest BCUT2D eigenvalue weighted by atomic mass is 16.1. The molecule has 0 amide bonds. The average molecular weight is 530 g/mol. The number of likely N-dealkylation sites (N-methyl/N-ethyl adjacent to an activating group) is 1. The summed E-state index contributed by atoms with van der Waals surface area (Å²) in [6.45, 7) is 14.2. The number of nitrogens with zero attached hydrogens (tertiary/aromatic N) is 8. The number of anilines is 3. The molecule has 204 valence electrons. The van der Waals surface area contributed by atoms with E-state index < -0.39 is 0 Å². The smallest absolute Gasteiger partial charge is 0.278 e. The maximum absolute atomic E-state index is 13.2. The Hall–Kier alpha value is -4.25. The van der Waals surface area contributed by atoms with Gasteiger partial charge < -0.3 is 10.2 Å².